The van der Waals surface area contributed by atoms with E-state index in [4.69, 9.17) is 14.3 Å². The Labute approximate surface area is 122 Å². The summed E-state index contributed by atoms with van der Waals surface area (Å²) in [6, 6.07) is 0. The van der Waals surface area contributed by atoms with E-state index in [-0.39, 0.29) is 17.2 Å². The summed E-state index contributed by atoms with van der Waals surface area (Å²) in [4.78, 5) is 18.0. The van der Waals surface area contributed by atoms with E-state index in [1.165, 1.54) is 7.11 Å². The van der Waals surface area contributed by atoms with Gasteiger partial charge in [0.05, 0.1) is 13.2 Å². The van der Waals surface area contributed by atoms with E-state index in [0.29, 0.717) is 0 Å². The monoisotopic (exact) mass is 287 g/mol. The lowest BCUT2D eigenvalue weighted by Crippen LogP contribution is -2.61. The second kappa shape index (κ2) is 6.41. The van der Waals surface area contributed by atoms with Crippen molar-refractivity contribution in [3.8, 4) is 0 Å². The van der Waals surface area contributed by atoms with E-state index in [0.717, 1.165) is 19.3 Å². The van der Waals surface area contributed by atoms with Gasteiger partial charge in [-0.25, -0.2) is 4.79 Å². The largest absolute Gasteiger partial charge is 0.467 e. The van der Waals surface area contributed by atoms with Crippen LogP contribution in [0.4, 0.5) is 0 Å². The molecule has 5 heteroatoms. The molecule has 5 nitrogen and oxygen atoms in total. The summed E-state index contributed by atoms with van der Waals surface area (Å²) >= 11 is 0. The average Bonchev–Trinajstić information content (AvgIpc) is 2.35. The van der Waals surface area contributed by atoms with Crippen LogP contribution < -0.4 is 0 Å². The number of ether oxygens (including phenoxy) is 2. The van der Waals surface area contributed by atoms with Crippen molar-refractivity contribution in [2.45, 2.75) is 77.2 Å². The molecular weight excluding hydrogens is 258 g/mol. The third-order valence-electron chi connectivity index (χ3n) is 4.13. The maximum atomic E-state index is 12.0. The summed E-state index contributed by atoms with van der Waals surface area (Å²) in [6.07, 6.45) is 2.11. The Kier molecular flexibility index (Phi) is 5.58. The maximum Gasteiger partial charge on any atom is 0.339 e. The smallest absolute Gasteiger partial charge is 0.339 e. The predicted molar refractivity (Wildman–Crippen MR) is 77.2 cm³/mol. The molecular formula is C15H29NO4. The van der Waals surface area contributed by atoms with E-state index in [1.807, 2.05) is 12.0 Å². The second-order valence-electron chi connectivity index (χ2n) is 6.76. The molecule has 0 radical (unpaired) electrons. The van der Waals surface area contributed by atoms with Gasteiger partial charge in [0.15, 0.2) is 0 Å². The highest BCUT2D eigenvalue weighted by Gasteiger charge is 2.45. The highest BCUT2D eigenvalue weighted by molar-refractivity contribution is 5.75. The molecule has 0 aromatic carbocycles. The lowest BCUT2D eigenvalue weighted by molar-refractivity contribution is -0.313. The van der Waals surface area contributed by atoms with Crippen LogP contribution in [0.3, 0.4) is 0 Å². The molecule has 20 heavy (non-hydrogen) atoms. The van der Waals surface area contributed by atoms with E-state index in [9.17, 15) is 4.79 Å². The molecule has 1 fully saturated rings. The second-order valence-corrected chi connectivity index (χ2v) is 6.76. The van der Waals surface area contributed by atoms with Crippen molar-refractivity contribution in [2.24, 2.45) is 0 Å². The fraction of sp³-hybridized carbons (Fsp3) is 0.933. The molecule has 1 aliphatic heterocycles. The van der Waals surface area contributed by atoms with Crippen LogP contribution in [0.2, 0.25) is 0 Å². The highest BCUT2D eigenvalue weighted by atomic mass is 16.7. The van der Waals surface area contributed by atoms with Crippen LogP contribution in [-0.4, -0.2) is 48.5 Å². The minimum Gasteiger partial charge on any atom is -0.467 e. The summed E-state index contributed by atoms with van der Waals surface area (Å²) in [5, 5.41) is 1.96. The molecule has 0 amide bonds. The van der Waals surface area contributed by atoms with Crippen molar-refractivity contribution < 1.29 is 19.1 Å². The summed E-state index contributed by atoms with van der Waals surface area (Å²) in [5.41, 5.74) is -0.247. The van der Waals surface area contributed by atoms with Gasteiger partial charge in [0.25, 0.3) is 0 Å². The molecule has 1 aliphatic rings. The number of rotatable bonds is 5. The molecule has 2 unspecified atom stereocenters. The summed E-state index contributed by atoms with van der Waals surface area (Å²) in [5.74, 6) is -0.406. The fourth-order valence-corrected chi connectivity index (χ4v) is 2.94. The van der Waals surface area contributed by atoms with Crippen molar-refractivity contribution in [2.75, 3.05) is 14.2 Å². The molecule has 1 rings (SSSR count). The number of hydroxylamine groups is 2. The number of methoxy groups -OCH3 is 2. The van der Waals surface area contributed by atoms with Crippen molar-refractivity contribution in [3.05, 3.63) is 0 Å². The third kappa shape index (κ3) is 3.71. The van der Waals surface area contributed by atoms with E-state index >= 15 is 0 Å². The molecule has 1 saturated heterocycles. The normalized spacial score (nSPS) is 24.9. The molecule has 1 heterocycles. The van der Waals surface area contributed by atoms with Gasteiger partial charge in [0.2, 0.25) is 6.10 Å². The first-order chi connectivity index (χ1) is 9.15. The number of carbonyl (C=O) groups is 1. The Balaban J connectivity index is 2.97. The van der Waals surface area contributed by atoms with Gasteiger partial charge in [-0.05, 0) is 53.9 Å². The summed E-state index contributed by atoms with van der Waals surface area (Å²) in [6.45, 7) is 10.4. The fourth-order valence-electron chi connectivity index (χ4n) is 2.94. The third-order valence-corrected chi connectivity index (χ3v) is 4.13. The number of carbonyl (C=O) groups excluding carboxylic acids is 1. The molecule has 0 aliphatic carbocycles. The van der Waals surface area contributed by atoms with Crippen LogP contribution in [-0.2, 0) is 19.1 Å². The topological polar surface area (TPSA) is 48.0 Å². The van der Waals surface area contributed by atoms with Crippen molar-refractivity contribution in [1.82, 2.24) is 5.06 Å². The first-order valence-corrected chi connectivity index (χ1v) is 7.23. The number of piperidine rings is 1. The minimum absolute atomic E-state index is 0.124. The molecule has 118 valence electrons. The van der Waals surface area contributed by atoms with Crippen LogP contribution in [0.25, 0.3) is 0 Å². The zero-order chi connectivity index (χ0) is 15.6. The molecule has 0 aromatic rings. The minimum atomic E-state index is -0.748. The van der Waals surface area contributed by atoms with Gasteiger partial charge in [-0.3, -0.25) is 4.84 Å². The van der Waals surface area contributed by atoms with Gasteiger partial charge in [0.1, 0.15) is 0 Å². The summed E-state index contributed by atoms with van der Waals surface area (Å²) < 4.78 is 10.1. The molecule has 0 saturated carbocycles. The van der Waals surface area contributed by atoms with Crippen LogP contribution >= 0.6 is 0 Å². The summed E-state index contributed by atoms with van der Waals surface area (Å²) in [7, 11) is 2.93. The van der Waals surface area contributed by atoms with Crippen LogP contribution in [0, 0.1) is 0 Å². The zero-order valence-electron chi connectivity index (χ0n) is 13.9. The van der Waals surface area contributed by atoms with Gasteiger partial charge in [-0.15, -0.1) is 0 Å². The van der Waals surface area contributed by atoms with E-state index in [1.54, 1.807) is 7.11 Å². The Hall–Kier alpha value is -0.650. The zero-order valence-corrected chi connectivity index (χ0v) is 13.9. The molecule has 2 atom stereocenters. The Morgan fingerprint density at radius 1 is 1.10 bits per heavy atom. The Bertz CT molecular complexity index is 325. The molecule has 0 bridgehead atoms. The SMILES string of the molecule is COC(=O)C(ON1C(C)(C)CCCC1(C)C)C(C)OC. The standard InChI is InChI=1S/C15H29NO4/c1-11(18-6)12(13(17)19-7)20-16-14(2,3)9-8-10-15(16,4)5/h11-12H,8-10H2,1-7H3. The molecule has 0 N–H and O–H groups in total. The molecule has 0 aromatic heterocycles. The van der Waals surface area contributed by atoms with Gasteiger partial charge < -0.3 is 9.47 Å². The van der Waals surface area contributed by atoms with Crippen LogP contribution in [0.1, 0.15) is 53.9 Å². The van der Waals surface area contributed by atoms with Crippen molar-refractivity contribution >= 4 is 5.97 Å². The van der Waals surface area contributed by atoms with Gasteiger partial charge >= 0.3 is 5.97 Å². The van der Waals surface area contributed by atoms with Crippen molar-refractivity contribution in [1.29, 1.82) is 0 Å². The predicted octanol–water partition coefficient (Wildman–Crippen LogP) is 2.54. The first-order valence-electron chi connectivity index (χ1n) is 7.23. The number of nitrogens with zero attached hydrogens (tertiary/aromatic N) is 1. The molecule has 0 spiro atoms. The van der Waals surface area contributed by atoms with Gasteiger partial charge in [0, 0.05) is 18.2 Å². The number of esters is 1. The number of hydrogen-bond acceptors (Lipinski definition) is 5. The van der Waals surface area contributed by atoms with E-state index < -0.39 is 12.1 Å². The van der Waals surface area contributed by atoms with Crippen molar-refractivity contribution in [3.63, 3.8) is 0 Å². The van der Waals surface area contributed by atoms with Gasteiger partial charge in [-0.2, -0.15) is 5.06 Å². The van der Waals surface area contributed by atoms with Crippen LogP contribution in [0.15, 0.2) is 0 Å². The Morgan fingerprint density at radius 2 is 1.60 bits per heavy atom. The quantitative estimate of drug-likeness (QED) is 0.727. The first kappa shape index (κ1) is 17.4. The average molecular weight is 287 g/mol. The number of hydrogen-bond donors (Lipinski definition) is 0. The van der Waals surface area contributed by atoms with E-state index in [2.05, 4.69) is 27.7 Å². The van der Waals surface area contributed by atoms with Crippen LogP contribution in [0.5, 0.6) is 0 Å². The lowest BCUT2D eigenvalue weighted by Gasteiger charge is -2.52. The van der Waals surface area contributed by atoms with Gasteiger partial charge in [-0.1, -0.05) is 0 Å². The highest BCUT2D eigenvalue weighted by Crippen LogP contribution is 2.39. The lowest BCUT2D eigenvalue weighted by atomic mass is 9.82. The maximum absolute atomic E-state index is 12.0. The Morgan fingerprint density at radius 3 is 2.00 bits per heavy atom.